The van der Waals surface area contributed by atoms with Gasteiger partial charge in [-0.15, -0.1) is 0 Å². The lowest BCUT2D eigenvalue weighted by atomic mass is 9.97. The number of nitrogens with zero attached hydrogens (tertiary/aromatic N) is 1. The summed E-state index contributed by atoms with van der Waals surface area (Å²) in [5.74, 6) is 0.864. The molecule has 0 aliphatic heterocycles. The van der Waals surface area contributed by atoms with Crippen LogP contribution in [0.3, 0.4) is 0 Å². The monoisotopic (exact) mass is 435 g/mol. The molecule has 0 saturated carbocycles. The zero-order valence-electron chi connectivity index (χ0n) is 18.6. The average Bonchev–Trinajstić information content (AvgIpc) is 2.85. The number of aliphatic hydroxyl groups excluding tert-OH is 1. The normalized spacial score (nSPS) is 12.8. The molecule has 0 amide bonds. The number of ether oxygens (including phenoxy) is 3. The van der Waals surface area contributed by atoms with Gasteiger partial charge < -0.3 is 19.3 Å². The highest BCUT2D eigenvalue weighted by Crippen LogP contribution is 2.30. The summed E-state index contributed by atoms with van der Waals surface area (Å²) in [7, 11) is 4.54. The number of methoxy groups -OCH3 is 3. The fourth-order valence-electron chi connectivity index (χ4n) is 3.68. The number of carbonyl (C=O) groups is 1. The van der Waals surface area contributed by atoms with E-state index in [4.69, 9.17) is 14.2 Å². The van der Waals surface area contributed by atoms with Gasteiger partial charge in [0.2, 0.25) is 0 Å². The minimum absolute atomic E-state index is 0.504. The summed E-state index contributed by atoms with van der Waals surface area (Å²) >= 11 is 0. The highest BCUT2D eigenvalue weighted by Gasteiger charge is 2.33. The molecule has 3 rings (SSSR count). The van der Waals surface area contributed by atoms with Gasteiger partial charge in [0.1, 0.15) is 11.5 Å². The SMILES string of the molecule is COC(=O)[C@@H](O)[C@H](c1ccccc1)N(Cc1ccc(OC)cc1)Cc1ccc(OC)cc1. The number of rotatable bonds is 10. The molecule has 168 valence electrons. The number of hydrogen-bond donors (Lipinski definition) is 1. The Bertz CT molecular complexity index is 924. The zero-order valence-corrected chi connectivity index (χ0v) is 18.6. The Hall–Kier alpha value is -3.35. The van der Waals surface area contributed by atoms with Crippen LogP contribution >= 0.6 is 0 Å². The molecule has 1 N–H and O–H groups in total. The fourth-order valence-corrected chi connectivity index (χ4v) is 3.68. The van der Waals surface area contributed by atoms with Crippen molar-refractivity contribution in [3.63, 3.8) is 0 Å². The average molecular weight is 436 g/mol. The maximum atomic E-state index is 12.4. The molecule has 0 radical (unpaired) electrons. The molecule has 0 bridgehead atoms. The molecule has 32 heavy (non-hydrogen) atoms. The molecule has 2 atom stereocenters. The first-order valence-electron chi connectivity index (χ1n) is 10.4. The van der Waals surface area contributed by atoms with Gasteiger partial charge in [0.15, 0.2) is 6.10 Å². The van der Waals surface area contributed by atoms with Crippen molar-refractivity contribution in [2.24, 2.45) is 0 Å². The van der Waals surface area contributed by atoms with Crippen LogP contribution in [0.1, 0.15) is 22.7 Å². The fraction of sp³-hybridized carbons (Fsp3) is 0.269. The van der Waals surface area contributed by atoms with E-state index < -0.39 is 18.1 Å². The standard InChI is InChI=1S/C26H29NO5/c1-30-22-13-9-19(10-14-22)17-27(18-20-11-15-23(31-2)16-12-20)24(25(28)26(29)32-3)21-7-5-4-6-8-21/h4-16,24-25,28H,17-18H2,1-3H3/t24-,25-/m0/s1. The van der Waals surface area contributed by atoms with Crippen LogP contribution in [-0.4, -0.2) is 43.4 Å². The van der Waals surface area contributed by atoms with Crippen molar-refractivity contribution in [3.05, 3.63) is 95.6 Å². The molecule has 3 aromatic rings. The quantitative estimate of drug-likeness (QED) is 0.486. The third-order valence-electron chi connectivity index (χ3n) is 5.37. The third kappa shape index (κ3) is 5.87. The molecule has 6 nitrogen and oxygen atoms in total. The molecule has 0 aliphatic carbocycles. The van der Waals surface area contributed by atoms with Crippen molar-refractivity contribution < 1.29 is 24.1 Å². The van der Waals surface area contributed by atoms with Crippen molar-refractivity contribution in [2.45, 2.75) is 25.2 Å². The van der Waals surface area contributed by atoms with Crippen molar-refractivity contribution in [3.8, 4) is 11.5 Å². The second kappa shape index (κ2) is 11.3. The van der Waals surface area contributed by atoms with Crippen LogP contribution in [0.4, 0.5) is 0 Å². The maximum Gasteiger partial charge on any atom is 0.336 e. The first-order valence-corrected chi connectivity index (χ1v) is 10.4. The van der Waals surface area contributed by atoms with Crippen LogP contribution in [0.15, 0.2) is 78.9 Å². The van der Waals surface area contributed by atoms with Gasteiger partial charge >= 0.3 is 5.97 Å². The zero-order chi connectivity index (χ0) is 22.9. The number of hydrogen-bond acceptors (Lipinski definition) is 6. The molecule has 0 fully saturated rings. The van der Waals surface area contributed by atoms with Gasteiger partial charge in [-0.05, 0) is 41.0 Å². The van der Waals surface area contributed by atoms with Crippen LogP contribution < -0.4 is 9.47 Å². The molecule has 0 aliphatic rings. The second-order valence-corrected chi connectivity index (χ2v) is 7.42. The van der Waals surface area contributed by atoms with E-state index in [9.17, 15) is 9.90 Å². The molecule has 3 aromatic carbocycles. The minimum Gasteiger partial charge on any atom is -0.497 e. The molecule has 0 unspecified atom stereocenters. The van der Waals surface area contributed by atoms with E-state index in [1.165, 1.54) is 7.11 Å². The van der Waals surface area contributed by atoms with Gasteiger partial charge in [0.25, 0.3) is 0 Å². The summed E-state index contributed by atoms with van der Waals surface area (Å²) in [4.78, 5) is 14.4. The molecule has 0 saturated heterocycles. The number of carbonyl (C=O) groups excluding carboxylic acids is 1. The van der Waals surface area contributed by atoms with Gasteiger partial charge in [0, 0.05) is 13.1 Å². The molecule has 0 heterocycles. The van der Waals surface area contributed by atoms with Crippen molar-refractivity contribution in [2.75, 3.05) is 21.3 Å². The van der Waals surface area contributed by atoms with Gasteiger partial charge in [-0.3, -0.25) is 4.90 Å². The summed E-state index contributed by atoms with van der Waals surface area (Å²) in [6, 6.07) is 24.4. The lowest BCUT2D eigenvalue weighted by Gasteiger charge is -2.34. The Morgan fingerprint density at radius 3 is 1.66 bits per heavy atom. The van der Waals surface area contributed by atoms with Crippen LogP contribution in [0.2, 0.25) is 0 Å². The van der Waals surface area contributed by atoms with Crippen LogP contribution in [0.5, 0.6) is 11.5 Å². The van der Waals surface area contributed by atoms with Crippen molar-refractivity contribution in [1.82, 2.24) is 4.90 Å². The second-order valence-electron chi connectivity index (χ2n) is 7.42. The minimum atomic E-state index is -1.35. The Morgan fingerprint density at radius 2 is 1.25 bits per heavy atom. The third-order valence-corrected chi connectivity index (χ3v) is 5.37. The first-order chi connectivity index (χ1) is 15.5. The number of aliphatic hydroxyl groups is 1. The summed E-state index contributed by atoms with van der Waals surface area (Å²) in [6.07, 6.45) is -1.35. The lowest BCUT2D eigenvalue weighted by molar-refractivity contribution is -0.155. The highest BCUT2D eigenvalue weighted by molar-refractivity contribution is 5.75. The van der Waals surface area contributed by atoms with Crippen LogP contribution in [0.25, 0.3) is 0 Å². The van der Waals surface area contributed by atoms with Gasteiger partial charge in [-0.1, -0.05) is 54.6 Å². The van der Waals surface area contributed by atoms with E-state index >= 15 is 0 Å². The molecule has 0 spiro atoms. The van der Waals surface area contributed by atoms with E-state index in [1.807, 2.05) is 78.9 Å². The molecule has 0 aromatic heterocycles. The molecular weight excluding hydrogens is 406 g/mol. The summed E-state index contributed by atoms with van der Waals surface area (Å²) in [5, 5.41) is 11.0. The largest absolute Gasteiger partial charge is 0.497 e. The summed E-state index contributed by atoms with van der Waals surface area (Å²) in [5.41, 5.74) is 2.88. The predicted molar refractivity (Wildman–Crippen MR) is 122 cm³/mol. The Kier molecular flexibility index (Phi) is 8.25. The Labute approximate surface area is 189 Å². The molecular formula is C26H29NO5. The van der Waals surface area contributed by atoms with E-state index in [1.54, 1.807) is 14.2 Å². The van der Waals surface area contributed by atoms with Gasteiger partial charge in [-0.25, -0.2) is 4.79 Å². The first kappa shape index (κ1) is 23.3. The topological polar surface area (TPSA) is 68.2 Å². The molecule has 6 heteroatoms. The Balaban J connectivity index is 1.99. The van der Waals surface area contributed by atoms with E-state index in [0.29, 0.717) is 13.1 Å². The van der Waals surface area contributed by atoms with E-state index in [2.05, 4.69) is 4.90 Å². The predicted octanol–water partition coefficient (Wildman–Crippen LogP) is 3.98. The number of esters is 1. The summed E-state index contributed by atoms with van der Waals surface area (Å²) < 4.78 is 15.4. The summed E-state index contributed by atoms with van der Waals surface area (Å²) in [6.45, 7) is 1.01. The van der Waals surface area contributed by atoms with Crippen molar-refractivity contribution >= 4 is 5.97 Å². The van der Waals surface area contributed by atoms with E-state index in [-0.39, 0.29) is 0 Å². The smallest absolute Gasteiger partial charge is 0.336 e. The van der Waals surface area contributed by atoms with Crippen LogP contribution in [0, 0.1) is 0 Å². The van der Waals surface area contributed by atoms with Crippen LogP contribution in [-0.2, 0) is 22.6 Å². The lowest BCUT2D eigenvalue weighted by Crippen LogP contribution is -2.40. The maximum absolute atomic E-state index is 12.4. The highest BCUT2D eigenvalue weighted by atomic mass is 16.5. The van der Waals surface area contributed by atoms with Gasteiger partial charge in [0.05, 0.1) is 27.4 Å². The van der Waals surface area contributed by atoms with Gasteiger partial charge in [-0.2, -0.15) is 0 Å². The van der Waals surface area contributed by atoms with Crippen molar-refractivity contribution in [1.29, 1.82) is 0 Å². The van der Waals surface area contributed by atoms with E-state index in [0.717, 1.165) is 28.2 Å². The Morgan fingerprint density at radius 1 is 0.781 bits per heavy atom. The number of benzene rings is 3.